The molecule has 0 aliphatic carbocycles. The predicted molar refractivity (Wildman–Crippen MR) is 121 cm³/mol. The highest BCUT2D eigenvalue weighted by Crippen LogP contribution is 2.20. The Bertz CT molecular complexity index is 1050. The van der Waals surface area contributed by atoms with Crippen LogP contribution in [0, 0.1) is 6.92 Å². The highest BCUT2D eigenvalue weighted by atomic mass is 35.5. The SMILES string of the molecule is CCc1ccccc1NC(=O)c1ccc(OCC(=O)Nc2ccc(C)c(Cl)c2)cc1. The molecule has 6 heteroatoms. The van der Waals surface area contributed by atoms with E-state index in [1.807, 2.05) is 44.2 Å². The van der Waals surface area contributed by atoms with Gasteiger partial charge in [0, 0.05) is 22.0 Å². The third-order valence-electron chi connectivity index (χ3n) is 4.59. The second-order valence-electron chi connectivity index (χ2n) is 6.79. The van der Waals surface area contributed by atoms with E-state index in [1.165, 1.54) is 0 Å². The molecule has 0 fully saturated rings. The van der Waals surface area contributed by atoms with Gasteiger partial charge in [-0.25, -0.2) is 0 Å². The zero-order chi connectivity index (χ0) is 21.5. The van der Waals surface area contributed by atoms with Crippen molar-refractivity contribution in [2.75, 3.05) is 17.2 Å². The van der Waals surface area contributed by atoms with Crippen molar-refractivity contribution < 1.29 is 14.3 Å². The number of carbonyl (C=O) groups excluding carboxylic acids is 2. The summed E-state index contributed by atoms with van der Waals surface area (Å²) in [6.45, 7) is 3.78. The minimum Gasteiger partial charge on any atom is -0.484 e. The van der Waals surface area contributed by atoms with Gasteiger partial charge in [0.25, 0.3) is 11.8 Å². The van der Waals surface area contributed by atoms with Gasteiger partial charge in [0.15, 0.2) is 6.61 Å². The van der Waals surface area contributed by atoms with E-state index < -0.39 is 0 Å². The minimum absolute atomic E-state index is 0.152. The number of nitrogens with one attached hydrogen (secondary N) is 2. The number of aryl methyl sites for hydroxylation is 2. The quantitative estimate of drug-likeness (QED) is 0.529. The molecule has 3 aromatic rings. The lowest BCUT2D eigenvalue weighted by Gasteiger charge is -2.11. The summed E-state index contributed by atoms with van der Waals surface area (Å²) in [4.78, 5) is 24.6. The lowest BCUT2D eigenvalue weighted by atomic mass is 10.1. The molecule has 0 radical (unpaired) electrons. The molecule has 5 nitrogen and oxygen atoms in total. The molecule has 0 bridgehead atoms. The second-order valence-corrected chi connectivity index (χ2v) is 7.20. The normalized spacial score (nSPS) is 10.4. The molecular formula is C24H23ClN2O3. The van der Waals surface area contributed by atoms with Crippen LogP contribution in [0.15, 0.2) is 66.7 Å². The van der Waals surface area contributed by atoms with E-state index in [1.54, 1.807) is 36.4 Å². The molecule has 0 aliphatic rings. The van der Waals surface area contributed by atoms with Crippen molar-refractivity contribution in [1.82, 2.24) is 0 Å². The van der Waals surface area contributed by atoms with Crippen molar-refractivity contribution in [2.24, 2.45) is 0 Å². The largest absolute Gasteiger partial charge is 0.484 e. The number of benzene rings is 3. The summed E-state index contributed by atoms with van der Waals surface area (Å²) in [5.41, 5.74) is 3.93. The molecule has 0 heterocycles. The summed E-state index contributed by atoms with van der Waals surface area (Å²) in [7, 11) is 0. The Labute approximate surface area is 181 Å². The number of para-hydroxylation sites is 1. The van der Waals surface area contributed by atoms with E-state index in [4.69, 9.17) is 16.3 Å². The van der Waals surface area contributed by atoms with Crippen LogP contribution in [-0.2, 0) is 11.2 Å². The molecule has 2 N–H and O–H groups in total. The molecule has 154 valence electrons. The summed E-state index contributed by atoms with van der Waals surface area (Å²) in [6.07, 6.45) is 0.833. The van der Waals surface area contributed by atoms with E-state index >= 15 is 0 Å². The van der Waals surface area contributed by atoms with Crippen LogP contribution >= 0.6 is 11.6 Å². The standard InChI is InChI=1S/C24H23ClN2O3/c1-3-17-6-4-5-7-22(17)27-24(29)18-9-12-20(13-10-18)30-15-23(28)26-19-11-8-16(2)21(25)14-19/h4-14H,3,15H2,1-2H3,(H,26,28)(H,27,29). The number of hydrogen-bond acceptors (Lipinski definition) is 3. The molecule has 0 saturated heterocycles. The number of carbonyl (C=O) groups is 2. The molecule has 0 aliphatic heterocycles. The molecule has 0 saturated carbocycles. The van der Waals surface area contributed by atoms with Gasteiger partial charge in [0.2, 0.25) is 0 Å². The minimum atomic E-state index is -0.298. The fourth-order valence-electron chi connectivity index (χ4n) is 2.86. The first-order valence-corrected chi connectivity index (χ1v) is 10.0. The van der Waals surface area contributed by atoms with Crippen LogP contribution in [0.25, 0.3) is 0 Å². The summed E-state index contributed by atoms with van der Waals surface area (Å²) in [5.74, 6) is 0.00181. The summed E-state index contributed by atoms with van der Waals surface area (Å²) < 4.78 is 5.51. The van der Waals surface area contributed by atoms with Gasteiger partial charge in [-0.05, 0) is 66.9 Å². The molecule has 3 rings (SSSR count). The molecule has 3 aromatic carbocycles. The van der Waals surface area contributed by atoms with Crippen LogP contribution < -0.4 is 15.4 Å². The van der Waals surface area contributed by atoms with Gasteiger partial charge in [0.05, 0.1) is 0 Å². The lowest BCUT2D eigenvalue weighted by molar-refractivity contribution is -0.118. The van der Waals surface area contributed by atoms with Gasteiger partial charge in [-0.1, -0.05) is 42.8 Å². The lowest BCUT2D eigenvalue weighted by Crippen LogP contribution is -2.20. The van der Waals surface area contributed by atoms with E-state index in [-0.39, 0.29) is 18.4 Å². The zero-order valence-corrected chi connectivity index (χ0v) is 17.6. The van der Waals surface area contributed by atoms with Crippen LogP contribution in [0.2, 0.25) is 5.02 Å². The van der Waals surface area contributed by atoms with Gasteiger partial charge in [0.1, 0.15) is 5.75 Å². The maximum atomic E-state index is 12.5. The van der Waals surface area contributed by atoms with E-state index in [0.29, 0.717) is 22.0 Å². The summed E-state index contributed by atoms with van der Waals surface area (Å²) in [5, 5.41) is 6.25. The Hall–Kier alpha value is -3.31. The van der Waals surface area contributed by atoms with Crippen LogP contribution in [0.1, 0.15) is 28.4 Å². The van der Waals surface area contributed by atoms with Crippen LogP contribution in [0.4, 0.5) is 11.4 Å². The van der Waals surface area contributed by atoms with Crippen molar-refractivity contribution in [2.45, 2.75) is 20.3 Å². The number of ether oxygens (including phenoxy) is 1. The van der Waals surface area contributed by atoms with E-state index in [9.17, 15) is 9.59 Å². The number of anilines is 2. The van der Waals surface area contributed by atoms with Crippen LogP contribution in [-0.4, -0.2) is 18.4 Å². The molecule has 0 spiro atoms. The number of hydrogen-bond donors (Lipinski definition) is 2. The van der Waals surface area contributed by atoms with Crippen molar-refractivity contribution >= 4 is 34.8 Å². The Kier molecular flexibility index (Phi) is 7.09. The molecule has 0 aromatic heterocycles. The zero-order valence-electron chi connectivity index (χ0n) is 16.9. The molecule has 0 atom stereocenters. The third-order valence-corrected chi connectivity index (χ3v) is 5.00. The van der Waals surface area contributed by atoms with Crippen molar-refractivity contribution in [3.05, 3.63) is 88.4 Å². The van der Waals surface area contributed by atoms with Crippen LogP contribution in [0.3, 0.4) is 0 Å². The predicted octanol–water partition coefficient (Wildman–Crippen LogP) is 5.48. The molecule has 30 heavy (non-hydrogen) atoms. The number of halogens is 1. The van der Waals surface area contributed by atoms with E-state index in [0.717, 1.165) is 23.2 Å². The Morgan fingerprint density at radius 3 is 2.40 bits per heavy atom. The Morgan fingerprint density at radius 1 is 0.967 bits per heavy atom. The van der Waals surface area contributed by atoms with Crippen LogP contribution in [0.5, 0.6) is 5.75 Å². The molecule has 2 amide bonds. The van der Waals surface area contributed by atoms with Gasteiger partial charge < -0.3 is 15.4 Å². The fraction of sp³-hybridized carbons (Fsp3) is 0.167. The average Bonchev–Trinajstić information content (AvgIpc) is 2.75. The second kappa shape index (κ2) is 9.94. The Balaban J connectivity index is 1.54. The smallest absolute Gasteiger partial charge is 0.262 e. The topological polar surface area (TPSA) is 67.4 Å². The fourth-order valence-corrected chi connectivity index (χ4v) is 3.04. The van der Waals surface area contributed by atoms with Gasteiger partial charge >= 0.3 is 0 Å². The summed E-state index contributed by atoms with van der Waals surface area (Å²) in [6, 6.07) is 19.7. The highest BCUT2D eigenvalue weighted by Gasteiger charge is 2.10. The third kappa shape index (κ3) is 5.61. The van der Waals surface area contributed by atoms with Gasteiger partial charge in [-0.15, -0.1) is 0 Å². The number of amides is 2. The first-order chi connectivity index (χ1) is 14.5. The van der Waals surface area contributed by atoms with Crippen molar-refractivity contribution in [3.8, 4) is 5.75 Å². The van der Waals surface area contributed by atoms with Crippen molar-refractivity contribution in [1.29, 1.82) is 0 Å². The molecule has 0 unspecified atom stereocenters. The monoisotopic (exact) mass is 422 g/mol. The van der Waals surface area contributed by atoms with Gasteiger partial charge in [-0.3, -0.25) is 9.59 Å². The Morgan fingerprint density at radius 2 is 1.70 bits per heavy atom. The molecular weight excluding hydrogens is 400 g/mol. The average molecular weight is 423 g/mol. The summed E-state index contributed by atoms with van der Waals surface area (Å²) >= 11 is 6.06. The maximum absolute atomic E-state index is 12.5. The number of rotatable bonds is 7. The van der Waals surface area contributed by atoms with Crippen molar-refractivity contribution in [3.63, 3.8) is 0 Å². The first kappa shape index (κ1) is 21.4. The maximum Gasteiger partial charge on any atom is 0.262 e. The first-order valence-electron chi connectivity index (χ1n) is 9.64. The van der Waals surface area contributed by atoms with E-state index in [2.05, 4.69) is 10.6 Å². The highest BCUT2D eigenvalue weighted by molar-refractivity contribution is 6.31. The van der Waals surface area contributed by atoms with Gasteiger partial charge in [-0.2, -0.15) is 0 Å².